The van der Waals surface area contributed by atoms with Crippen molar-refractivity contribution in [3.05, 3.63) is 87.3 Å². The zero-order valence-corrected chi connectivity index (χ0v) is 15.5. The van der Waals surface area contributed by atoms with Crippen molar-refractivity contribution < 1.29 is 9.73 Å². The monoisotopic (exact) mass is 367 g/mol. The van der Waals surface area contributed by atoms with Crippen molar-refractivity contribution >= 4 is 22.7 Å². The average Bonchev–Trinajstić information content (AvgIpc) is 3.39. The van der Waals surface area contributed by atoms with Gasteiger partial charge >= 0.3 is 0 Å². The van der Waals surface area contributed by atoms with Crippen LogP contribution in [0.25, 0.3) is 10.8 Å². The number of aromatic nitrogens is 1. The standard InChI is InChI=1S/C20H18N2OS2/c1-14-6-8-15(9-7-14)19(17-4-2-10-24-17)21-12-16-13-23-20(22-16)18-5-3-11-25-18/h2-11,13,19,21H,12H2,1H3/p+1/t19-/m0/s1. The Hall–Kier alpha value is -2.21. The number of oxazole rings is 1. The molecule has 0 radical (unpaired) electrons. The van der Waals surface area contributed by atoms with Gasteiger partial charge in [-0.2, -0.15) is 0 Å². The van der Waals surface area contributed by atoms with E-state index >= 15 is 0 Å². The minimum absolute atomic E-state index is 0.280. The molecule has 0 aliphatic carbocycles. The van der Waals surface area contributed by atoms with E-state index in [1.54, 1.807) is 28.9 Å². The van der Waals surface area contributed by atoms with E-state index in [-0.39, 0.29) is 6.04 Å². The van der Waals surface area contributed by atoms with Gasteiger partial charge in [0.1, 0.15) is 24.5 Å². The third-order valence-corrected chi connectivity index (χ3v) is 5.95. The van der Waals surface area contributed by atoms with Crippen LogP contribution in [-0.2, 0) is 6.54 Å². The van der Waals surface area contributed by atoms with Crippen molar-refractivity contribution in [2.75, 3.05) is 0 Å². The number of aryl methyl sites for hydroxylation is 1. The highest BCUT2D eigenvalue weighted by molar-refractivity contribution is 7.13. The fraction of sp³-hybridized carbons (Fsp3) is 0.150. The summed E-state index contributed by atoms with van der Waals surface area (Å²) in [4.78, 5) is 7.05. The van der Waals surface area contributed by atoms with Crippen molar-refractivity contribution in [1.29, 1.82) is 0 Å². The topological polar surface area (TPSA) is 42.6 Å². The first-order valence-electron chi connectivity index (χ1n) is 8.21. The van der Waals surface area contributed by atoms with Crippen LogP contribution in [0.15, 0.2) is 70.0 Å². The molecule has 5 heteroatoms. The molecule has 0 bridgehead atoms. The molecule has 2 N–H and O–H groups in total. The van der Waals surface area contributed by atoms with Crippen LogP contribution < -0.4 is 5.32 Å². The van der Waals surface area contributed by atoms with E-state index in [4.69, 9.17) is 4.42 Å². The van der Waals surface area contributed by atoms with Gasteiger partial charge < -0.3 is 9.73 Å². The molecule has 4 rings (SSSR count). The van der Waals surface area contributed by atoms with Crippen molar-refractivity contribution in [1.82, 2.24) is 4.98 Å². The molecule has 0 fully saturated rings. The molecule has 0 aliphatic heterocycles. The van der Waals surface area contributed by atoms with E-state index in [2.05, 4.69) is 59.0 Å². The zero-order valence-electron chi connectivity index (χ0n) is 13.9. The number of rotatable bonds is 6. The SMILES string of the molecule is Cc1ccc([C@H]([NH2+]Cc2coc(-c3cccs3)n2)c2cccs2)cc1. The normalized spacial score (nSPS) is 12.4. The van der Waals surface area contributed by atoms with Gasteiger partial charge in [-0.15, -0.1) is 22.7 Å². The van der Waals surface area contributed by atoms with Crippen LogP contribution in [0.3, 0.4) is 0 Å². The largest absolute Gasteiger partial charge is 0.443 e. The Morgan fingerprint density at radius 3 is 2.56 bits per heavy atom. The molecule has 1 aromatic carbocycles. The summed E-state index contributed by atoms with van der Waals surface area (Å²) in [6, 6.07) is 17.4. The second-order valence-electron chi connectivity index (χ2n) is 5.96. The maximum atomic E-state index is 5.64. The highest BCUT2D eigenvalue weighted by atomic mass is 32.1. The number of benzene rings is 1. The van der Waals surface area contributed by atoms with Gasteiger partial charge in [0, 0.05) is 5.56 Å². The Kier molecular flexibility index (Phi) is 4.78. The quantitative estimate of drug-likeness (QED) is 0.540. The fourth-order valence-corrected chi connectivity index (χ4v) is 4.32. The van der Waals surface area contributed by atoms with Gasteiger partial charge in [0.15, 0.2) is 0 Å². The highest BCUT2D eigenvalue weighted by Crippen LogP contribution is 2.25. The summed E-state index contributed by atoms with van der Waals surface area (Å²) in [5, 5.41) is 6.50. The highest BCUT2D eigenvalue weighted by Gasteiger charge is 2.19. The summed E-state index contributed by atoms with van der Waals surface area (Å²) >= 11 is 3.44. The van der Waals surface area contributed by atoms with Gasteiger partial charge in [0.2, 0.25) is 5.89 Å². The van der Waals surface area contributed by atoms with Crippen LogP contribution in [0.2, 0.25) is 0 Å². The summed E-state index contributed by atoms with van der Waals surface area (Å²) in [6.45, 7) is 2.90. The zero-order chi connectivity index (χ0) is 17.1. The molecule has 3 aromatic heterocycles. The number of quaternary nitrogens is 1. The summed E-state index contributed by atoms with van der Waals surface area (Å²) in [5.74, 6) is 0.710. The molecule has 0 aliphatic rings. The molecule has 3 nitrogen and oxygen atoms in total. The van der Waals surface area contributed by atoms with E-state index in [9.17, 15) is 0 Å². The second-order valence-corrected chi connectivity index (χ2v) is 7.89. The van der Waals surface area contributed by atoms with Crippen molar-refractivity contribution in [2.45, 2.75) is 19.5 Å². The van der Waals surface area contributed by atoms with Gasteiger partial charge in [-0.05, 0) is 29.8 Å². The van der Waals surface area contributed by atoms with E-state index in [0.29, 0.717) is 5.89 Å². The molecule has 1 atom stereocenters. The molecular formula is C20H19N2OS2+. The third kappa shape index (κ3) is 3.74. The molecule has 0 amide bonds. The van der Waals surface area contributed by atoms with Crippen LogP contribution in [-0.4, -0.2) is 4.98 Å². The summed E-state index contributed by atoms with van der Waals surface area (Å²) < 4.78 is 5.64. The third-order valence-electron chi connectivity index (χ3n) is 4.13. The van der Waals surface area contributed by atoms with E-state index < -0.39 is 0 Å². The number of thiophene rings is 2. The average molecular weight is 368 g/mol. The minimum Gasteiger partial charge on any atom is -0.443 e. The van der Waals surface area contributed by atoms with Crippen LogP contribution in [0, 0.1) is 6.92 Å². The Balaban J connectivity index is 1.52. The smallest absolute Gasteiger partial charge is 0.236 e. The van der Waals surface area contributed by atoms with Gasteiger partial charge in [-0.1, -0.05) is 42.0 Å². The first-order chi connectivity index (χ1) is 12.3. The Morgan fingerprint density at radius 1 is 1.04 bits per heavy atom. The number of nitrogens with zero attached hydrogens (tertiary/aromatic N) is 1. The molecular weight excluding hydrogens is 348 g/mol. The summed E-state index contributed by atoms with van der Waals surface area (Å²) in [7, 11) is 0. The maximum absolute atomic E-state index is 5.64. The van der Waals surface area contributed by atoms with E-state index in [1.165, 1.54) is 16.0 Å². The lowest BCUT2D eigenvalue weighted by Crippen LogP contribution is -2.83. The molecule has 0 spiro atoms. The lowest BCUT2D eigenvalue weighted by Gasteiger charge is -2.14. The Bertz CT molecular complexity index is 909. The maximum Gasteiger partial charge on any atom is 0.236 e. The van der Waals surface area contributed by atoms with Crippen LogP contribution in [0.4, 0.5) is 0 Å². The number of nitrogens with two attached hydrogens (primary N) is 1. The number of hydrogen-bond donors (Lipinski definition) is 1. The van der Waals surface area contributed by atoms with Crippen molar-refractivity contribution in [3.63, 3.8) is 0 Å². The molecule has 126 valence electrons. The molecule has 4 aromatic rings. The first kappa shape index (κ1) is 16.3. The minimum atomic E-state index is 0.280. The van der Waals surface area contributed by atoms with Crippen molar-refractivity contribution in [2.24, 2.45) is 0 Å². The second kappa shape index (κ2) is 7.35. The Labute approximate surface area is 155 Å². The van der Waals surface area contributed by atoms with Gasteiger partial charge in [0.25, 0.3) is 0 Å². The predicted molar refractivity (Wildman–Crippen MR) is 103 cm³/mol. The fourth-order valence-electron chi connectivity index (χ4n) is 2.81. The van der Waals surface area contributed by atoms with E-state index in [0.717, 1.165) is 17.1 Å². The lowest BCUT2D eigenvalue weighted by molar-refractivity contribution is -0.702. The molecule has 0 unspecified atom stereocenters. The molecule has 0 saturated heterocycles. The summed E-state index contributed by atoms with van der Waals surface area (Å²) in [5.41, 5.74) is 3.57. The van der Waals surface area contributed by atoms with Crippen LogP contribution in [0.5, 0.6) is 0 Å². The van der Waals surface area contributed by atoms with Crippen LogP contribution in [0.1, 0.15) is 27.7 Å². The Morgan fingerprint density at radius 2 is 1.84 bits per heavy atom. The lowest BCUT2D eigenvalue weighted by atomic mass is 10.0. The van der Waals surface area contributed by atoms with E-state index in [1.807, 2.05) is 17.5 Å². The van der Waals surface area contributed by atoms with Crippen molar-refractivity contribution in [3.8, 4) is 10.8 Å². The first-order valence-corrected chi connectivity index (χ1v) is 9.97. The summed E-state index contributed by atoms with van der Waals surface area (Å²) in [6.07, 6.45) is 1.77. The molecule has 3 heterocycles. The molecule has 25 heavy (non-hydrogen) atoms. The van der Waals surface area contributed by atoms with Crippen LogP contribution >= 0.6 is 22.7 Å². The molecule has 0 saturated carbocycles. The number of hydrogen-bond acceptors (Lipinski definition) is 4. The van der Waals surface area contributed by atoms with Gasteiger partial charge in [0.05, 0.1) is 9.75 Å². The van der Waals surface area contributed by atoms with Gasteiger partial charge in [-0.25, -0.2) is 4.98 Å². The predicted octanol–water partition coefficient (Wildman–Crippen LogP) is 4.63. The van der Waals surface area contributed by atoms with Gasteiger partial charge in [-0.3, -0.25) is 0 Å².